The first kappa shape index (κ1) is 16.9. The van der Waals surface area contributed by atoms with Crippen molar-refractivity contribution in [2.75, 3.05) is 13.1 Å². The van der Waals surface area contributed by atoms with E-state index in [4.69, 9.17) is 5.11 Å². The van der Waals surface area contributed by atoms with Gasteiger partial charge in [-0.1, -0.05) is 13.8 Å². The number of carbonyl (C=O) groups is 3. The van der Waals surface area contributed by atoms with Crippen molar-refractivity contribution in [3.05, 3.63) is 22.5 Å². The van der Waals surface area contributed by atoms with E-state index < -0.39 is 5.97 Å². The first-order chi connectivity index (χ1) is 9.83. The summed E-state index contributed by atoms with van der Waals surface area (Å²) < 4.78 is 0. The molecule has 0 unspecified atom stereocenters. The van der Waals surface area contributed by atoms with Crippen molar-refractivity contribution in [1.82, 2.24) is 9.88 Å². The number of hydrogen-bond acceptors (Lipinski definition) is 3. The van der Waals surface area contributed by atoms with Gasteiger partial charge in [-0.3, -0.25) is 14.4 Å². The number of aryl methyl sites for hydroxylation is 1. The minimum absolute atomic E-state index is 0.0973. The summed E-state index contributed by atoms with van der Waals surface area (Å²) in [6.07, 6.45) is 1.20. The van der Waals surface area contributed by atoms with Crippen molar-refractivity contribution in [2.45, 2.75) is 40.5 Å². The highest BCUT2D eigenvalue weighted by atomic mass is 16.4. The molecule has 0 aliphatic carbocycles. The Morgan fingerprint density at radius 1 is 1.24 bits per heavy atom. The number of aliphatic carboxylic acids is 1. The third-order valence-corrected chi connectivity index (χ3v) is 3.32. The summed E-state index contributed by atoms with van der Waals surface area (Å²) in [5.41, 5.74) is 2.17. The standard InChI is InChI=1S/C15H22N2O4/c1-5-7-17(8-12(19)20)15(21)14-11(6-2)13(10(4)18)9(3)16-14/h16H,5-8H2,1-4H3,(H,19,20). The van der Waals surface area contributed by atoms with Gasteiger partial charge in [0.25, 0.3) is 5.91 Å². The van der Waals surface area contributed by atoms with Gasteiger partial charge in [-0.2, -0.15) is 0 Å². The molecule has 0 radical (unpaired) electrons. The number of ketones is 1. The first-order valence-corrected chi connectivity index (χ1v) is 7.06. The maximum absolute atomic E-state index is 12.6. The molecule has 0 saturated heterocycles. The van der Waals surface area contributed by atoms with Gasteiger partial charge in [0.15, 0.2) is 5.78 Å². The van der Waals surface area contributed by atoms with E-state index in [1.807, 2.05) is 13.8 Å². The van der Waals surface area contributed by atoms with Crippen LogP contribution in [0.15, 0.2) is 0 Å². The molecule has 1 rings (SSSR count). The van der Waals surface area contributed by atoms with Crippen LogP contribution in [0.4, 0.5) is 0 Å². The van der Waals surface area contributed by atoms with Gasteiger partial charge in [0, 0.05) is 17.8 Å². The molecule has 1 aromatic heterocycles. The zero-order chi connectivity index (χ0) is 16.2. The molecule has 0 atom stereocenters. The minimum atomic E-state index is -1.05. The van der Waals surface area contributed by atoms with Crippen molar-refractivity contribution >= 4 is 17.7 Å². The summed E-state index contributed by atoms with van der Waals surface area (Å²) >= 11 is 0. The molecular formula is C15H22N2O4. The topological polar surface area (TPSA) is 90.5 Å². The SMILES string of the molecule is CCCN(CC(=O)O)C(=O)c1[nH]c(C)c(C(C)=O)c1CC. The number of Topliss-reactive ketones (excluding diaryl/α,β-unsaturated/α-hetero) is 1. The third kappa shape index (κ3) is 3.71. The number of rotatable bonds is 7. The molecule has 116 valence electrons. The van der Waals surface area contributed by atoms with Crippen molar-refractivity contribution in [3.63, 3.8) is 0 Å². The molecule has 0 aromatic carbocycles. The van der Waals surface area contributed by atoms with Crippen LogP contribution in [0.25, 0.3) is 0 Å². The van der Waals surface area contributed by atoms with Crippen LogP contribution in [-0.2, 0) is 11.2 Å². The second-order valence-corrected chi connectivity index (χ2v) is 5.01. The number of aromatic nitrogens is 1. The predicted octanol–water partition coefficient (Wildman–Crippen LogP) is 2.02. The Labute approximate surface area is 124 Å². The number of nitrogens with one attached hydrogen (secondary N) is 1. The number of carbonyl (C=O) groups excluding carboxylic acids is 2. The smallest absolute Gasteiger partial charge is 0.323 e. The maximum atomic E-state index is 12.6. The molecule has 6 nitrogen and oxygen atoms in total. The van der Waals surface area contributed by atoms with Crippen LogP contribution in [0.5, 0.6) is 0 Å². The summed E-state index contributed by atoms with van der Waals surface area (Å²) in [5, 5.41) is 8.92. The van der Waals surface area contributed by atoms with Crippen molar-refractivity contribution in [2.24, 2.45) is 0 Å². The molecule has 2 N–H and O–H groups in total. The highest BCUT2D eigenvalue weighted by molar-refractivity contribution is 6.03. The maximum Gasteiger partial charge on any atom is 0.323 e. The van der Waals surface area contributed by atoms with Crippen LogP contribution >= 0.6 is 0 Å². The Morgan fingerprint density at radius 3 is 2.29 bits per heavy atom. The summed E-state index contributed by atoms with van der Waals surface area (Å²) in [5.74, 6) is -1.52. The van der Waals surface area contributed by atoms with E-state index in [0.717, 1.165) is 0 Å². The number of amides is 1. The van der Waals surface area contributed by atoms with Gasteiger partial charge in [0.05, 0.1) is 0 Å². The van der Waals surface area contributed by atoms with Crippen LogP contribution in [0, 0.1) is 6.92 Å². The van der Waals surface area contributed by atoms with E-state index in [2.05, 4.69) is 4.98 Å². The lowest BCUT2D eigenvalue weighted by molar-refractivity contribution is -0.137. The van der Waals surface area contributed by atoms with E-state index in [1.54, 1.807) is 6.92 Å². The molecule has 1 aromatic rings. The highest BCUT2D eigenvalue weighted by Crippen LogP contribution is 2.21. The molecule has 1 heterocycles. The van der Waals surface area contributed by atoms with Crippen molar-refractivity contribution in [3.8, 4) is 0 Å². The number of aromatic amines is 1. The van der Waals surface area contributed by atoms with Crippen LogP contribution < -0.4 is 0 Å². The van der Waals surface area contributed by atoms with Gasteiger partial charge in [0.2, 0.25) is 0 Å². The Hall–Kier alpha value is -2.11. The molecular weight excluding hydrogens is 272 g/mol. The van der Waals surface area contributed by atoms with Gasteiger partial charge in [-0.15, -0.1) is 0 Å². The zero-order valence-electron chi connectivity index (χ0n) is 12.9. The Balaban J connectivity index is 3.24. The van der Waals surface area contributed by atoms with Gasteiger partial charge in [0.1, 0.15) is 12.2 Å². The number of H-pyrrole nitrogens is 1. The van der Waals surface area contributed by atoms with Crippen molar-refractivity contribution < 1.29 is 19.5 Å². The second-order valence-electron chi connectivity index (χ2n) is 5.01. The summed E-state index contributed by atoms with van der Waals surface area (Å²) in [6.45, 7) is 6.97. The Kier molecular flexibility index (Phi) is 5.69. The van der Waals surface area contributed by atoms with Crippen LogP contribution in [0.3, 0.4) is 0 Å². The minimum Gasteiger partial charge on any atom is -0.480 e. The molecule has 0 spiro atoms. The molecule has 21 heavy (non-hydrogen) atoms. The average Bonchev–Trinajstić information content (AvgIpc) is 2.73. The summed E-state index contributed by atoms with van der Waals surface area (Å²) in [4.78, 5) is 39.4. The largest absolute Gasteiger partial charge is 0.480 e. The predicted molar refractivity (Wildman–Crippen MR) is 78.7 cm³/mol. The van der Waals surface area contributed by atoms with E-state index in [1.165, 1.54) is 11.8 Å². The Bertz CT molecular complexity index is 560. The van der Waals surface area contributed by atoms with E-state index in [-0.39, 0.29) is 18.2 Å². The monoisotopic (exact) mass is 294 g/mol. The molecule has 6 heteroatoms. The zero-order valence-corrected chi connectivity index (χ0v) is 12.9. The van der Waals surface area contributed by atoms with Gasteiger partial charge < -0.3 is 15.0 Å². The van der Waals surface area contributed by atoms with E-state index in [9.17, 15) is 14.4 Å². The first-order valence-electron chi connectivity index (χ1n) is 7.06. The van der Waals surface area contributed by atoms with Gasteiger partial charge in [-0.25, -0.2) is 0 Å². The Morgan fingerprint density at radius 2 is 1.86 bits per heavy atom. The van der Waals surface area contributed by atoms with Gasteiger partial charge >= 0.3 is 5.97 Å². The lowest BCUT2D eigenvalue weighted by atomic mass is 10.0. The fraction of sp³-hybridized carbons (Fsp3) is 0.533. The van der Waals surface area contributed by atoms with E-state index in [0.29, 0.717) is 41.9 Å². The third-order valence-electron chi connectivity index (χ3n) is 3.32. The number of nitrogens with zero attached hydrogens (tertiary/aromatic N) is 1. The normalized spacial score (nSPS) is 10.5. The molecule has 0 bridgehead atoms. The summed E-state index contributed by atoms with van der Waals surface area (Å²) in [7, 11) is 0. The second kappa shape index (κ2) is 7.06. The summed E-state index contributed by atoms with van der Waals surface area (Å²) in [6, 6.07) is 0. The van der Waals surface area contributed by atoms with Crippen molar-refractivity contribution in [1.29, 1.82) is 0 Å². The molecule has 0 saturated carbocycles. The quantitative estimate of drug-likeness (QED) is 0.753. The van der Waals surface area contributed by atoms with Gasteiger partial charge in [-0.05, 0) is 32.3 Å². The molecule has 1 amide bonds. The molecule has 0 aliphatic rings. The lowest BCUT2D eigenvalue weighted by Gasteiger charge is -2.20. The fourth-order valence-electron chi connectivity index (χ4n) is 2.53. The fourth-order valence-corrected chi connectivity index (χ4v) is 2.53. The molecule has 0 aliphatic heterocycles. The highest BCUT2D eigenvalue weighted by Gasteiger charge is 2.25. The van der Waals surface area contributed by atoms with E-state index >= 15 is 0 Å². The van der Waals surface area contributed by atoms with Crippen LogP contribution in [0.2, 0.25) is 0 Å². The lowest BCUT2D eigenvalue weighted by Crippen LogP contribution is -2.37. The molecule has 0 fully saturated rings. The van der Waals surface area contributed by atoms with Crippen LogP contribution in [0.1, 0.15) is 59.3 Å². The van der Waals surface area contributed by atoms with Crippen LogP contribution in [-0.4, -0.2) is 45.7 Å². The number of carboxylic acids is 1. The number of carboxylic acid groups (broad SMARTS) is 1. The average molecular weight is 294 g/mol. The number of hydrogen-bond donors (Lipinski definition) is 2.